The third-order valence-electron chi connectivity index (χ3n) is 6.01. The van der Waals surface area contributed by atoms with E-state index in [1.54, 1.807) is 0 Å². The predicted octanol–water partition coefficient (Wildman–Crippen LogP) is 3.66. The maximum atomic E-state index is 11.5. The van der Waals surface area contributed by atoms with Gasteiger partial charge >= 0.3 is 0 Å². The van der Waals surface area contributed by atoms with Crippen LogP contribution in [0.25, 0.3) is 0 Å². The van der Waals surface area contributed by atoms with E-state index in [2.05, 4.69) is 20.9 Å². The van der Waals surface area contributed by atoms with Gasteiger partial charge in [0.1, 0.15) is 11.9 Å². The Kier molecular flexibility index (Phi) is 6.49. The first-order chi connectivity index (χ1) is 12.7. The van der Waals surface area contributed by atoms with Crippen molar-refractivity contribution >= 4 is 12.2 Å². The van der Waals surface area contributed by atoms with Crippen molar-refractivity contribution in [3.63, 3.8) is 0 Å². The van der Waals surface area contributed by atoms with E-state index in [4.69, 9.17) is 5.26 Å². The number of anilines is 1. The van der Waals surface area contributed by atoms with Crippen LogP contribution in [0.3, 0.4) is 0 Å². The summed E-state index contributed by atoms with van der Waals surface area (Å²) < 4.78 is 0. The van der Waals surface area contributed by atoms with E-state index in [-0.39, 0.29) is 0 Å². The van der Waals surface area contributed by atoms with E-state index in [1.807, 2.05) is 19.1 Å². The Bertz CT molecular complexity index is 648. The van der Waals surface area contributed by atoms with Crippen LogP contribution < -0.4 is 4.90 Å². The van der Waals surface area contributed by atoms with Crippen LogP contribution in [-0.2, 0) is 4.79 Å². The molecular formula is C21H30N4O. The van der Waals surface area contributed by atoms with Gasteiger partial charge in [0.2, 0.25) is 6.41 Å². The molecule has 1 aromatic rings. The molecule has 1 aliphatic carbocycles. The molecule has 5 nitrogen and oxygen atoms in total. The van der Waals surface area contributed by atoms with Gasteiger partial charge in [-0.1, -0.05) is 19.3 Å². The minimum atomic E-state index is 0.462. The van der Waals surface area contributed by atoms with E-state index >= 15 is 0 Å². The number of aromatic nitrogens is 1. The highest BCUT2D eigenvalue weighted by Gasteiger charge is 2.24. The van der Waals surface area contributed by atoms with Crippen LogP contribution >= 0.6 is 0 Å². The maximum Gasteiger partial charge on any atom is 0.209 e. The number of carbonyl (C=O) groups is 1. The zero-order valence-electron chi connectivity index (χ0n) is 15.9. The van der Waals surface area contributed by atoms with Gasteiger partial charge in [0.15, 0.2) is 0 Å². The second-order valence-electron chi connectivity index (χ2n) is 7.79. The normalized spacial score (nSPS) is 21.2. The molecule has 0 aromatic carbocycles. The number of carbonyl (C=O) groups excluding carboxylic acids is 1. The van der Waals surface area contributed by atoms with Crippen molar-refractivity contribution in [1.82, 2.24) is 9.88 Å². The Morgan fingerprint density at radius 2 is 2.08 bits per heavy atom. The van der Waals surface area contributed by atoms with Gasteiger partial charge < -0.3 is 9.80 Å². The minimum Gasteiger partial charge on any atom is -0.356 e. The summed E-state index contributed by atoms with van der Waals surface area (Å²) in [5, 5.41) is 9.08. The van der Waals surface area contributed by atoms with Crippen molar-refractivity contribution in [2.24, 2.45) is 5.92 Å². The zero-order valence-corrected chi connectivity index (χ0v) is 15.9. The minimum absolute atomic E-state index is 0.462. The number of aryl methyl sites for hydroxylation is 1. The Morgan fingerprint density at radius 1 is 1.27 bits per heavy atom. The molecule has 0 spiro atoms. The van der Waals surface area contributed by atoms with Gasteiger partial charge in [-0.25, -0.2) is 4.98 Å². The van der Waals surface area contributed by atoms with Gasteiger partial charge in [-0.15, -0.1) is 0 Å². The van der Waals surface area contributed by atoms with Crippen LogP contribution in [0.5, 0.6) is 0 Å². The predicted molar refractivity (Wildman–Crippen MR) is 103 cm³/mol. The molecule has 0 N–H and O–H groups in total. The zero-order chi connectivity index (χ0) is 18.4. The number of nitrogens with zero attached hydrogens (tertiary/aromatic N) is 4. The first-order valence-electron chi connectivity index (χ1n) is 10.0. The summed E-state index contributed by atoms with van der Waals surface area (Å²) in [7, 11) is 0. The van der Waals surface area contributed by atoms with Crippen LogP contribution in [0.15, 0.2) is 12.1 Å². The van der Waals surface area contributed by atoms with Gasteiger partial charge in [-0.05, 0) is 57.1 Å². The summed E-state index contributed by atoms with van der Waals surface area (Å²) in [6, 6.07) is 6.49. The van der Waals surface area contributed by atoms with Crippen molar-refractivity contribution < 1.29 is 4.79 Å². The molecule has 0 bridgehead atoms. The average molecular weight is 354 g/mol. The number of amides is 1. The van der Waals surface area contributed by atoms with Gasteiger partial charge in [0.05, 0.1) is 11.3 Å². The lowest BCUT2D eigenvalue weighted by atomic mass is 9.92. The molecule has 3 rings (SSSR count). The number of hydrogen-bond acceptors (Lipinski definition) is 4. The standard InChI is InChI=1S/C21H30N4O/c1-17-19(14-22)9-10-21(23-17)24-12-5-6-18(15-24)11-13-25(16-26)20-7-3-2-4-8-20/h9-10,16,18,20H,2-8,11-13,15H2,1H3. The molecule has 1 aromatic heterocycles. The fraction of sp³-hybridized carbons (Fsp3) is 0.667. The Labute approximate surface area is 157 Å². The fourth-order valence-corrected chi connectivity index (χ4v) is 4.42. The van der Waals surface area contributed by atoms with E-state index in [1.165, 1.54) is 38.5 Å². The van der Waals surface area contributed by atoms with Crippen molar-refractivity contribution in [1.29, 1.82) is 5.26 Å². The molecule has 140 valence electrons. The Hall–Kier alpha value is -2.09. The van der Waals surface area contributed by atoms with Gasteiger partial charge in [-0.3, -0.25) is 4.79 Å². The first kappa shape index (κ1) is 18.7. The fourth-order valence-electron chi connectivity index (χ4n) is 4.42. The Morgan fingerprint density at radius 3 is 2.77 bits per heavy atom. The number of rotatable bonds is 6. The molecular weight excluding hydrogens is 324 g/mol. The molecule has 1 amide bonds. The lowest BCUT2D eigenvalue weighted by Gasteiger charge is -2.36. The maximum absolute atomic E-state index is 11.5. The lowest BCUT2D eigenvalue weighted by Crippen LogP contribution is -2.40. The topological polar surface area (TPSA) is 60.2 Å². The van der Waals surface area contributed by atoms with Crippen LogP contribution in [0.2, 0.25) is 0 Å². The van der Waals surface area contributed by atoms with Crippen molar-refractivity contribution in [2.45, 2.75) is 64.3 Å². The Balaban J connectivity index is 1.55. The van der Waals surface area contributed by atoms with Crippen LogP contribution in [0.1, 0.15) is 62.6 Å². The highest BCUT2D eigenvalue weighted by atomic mass is 16.1. The molecule has 2 heterocycles. The number of piperidine rings is 1. The summed E-state index contributed by atoms with van der Waals surface area (Å²) in [5.74, 6) is 1.58. The molecule has 0 radical (unpaired) electrons. The third-order valence-corrected chi connectivity index (χ3v) is 6.01. The SMILES string of the molecule is Cc1nc(N2CCCC(CCN(C=O)C3CCCCC3)C2)ccc1C#N. The molecule has 1 aliphatic heterocycles. The highest BCUT2D eigenvalue weighted by Crippen LogP contribution is 2.26. The second kappa shape index (κ2) is 9.02. The number of pyridine rings is 1. The largest absolute Gasteiger partial charge is 0.356 e. The number of hydrogen-bond donors (Lipinski definition) is 0. The van der Waals surface area contributed by atoms with Crippen LogP contribution in [-0.4, -0.2) is 42.0 Å². The molecule has 26 heavy (non-hydrogen) atoms. The summed E-state index contributed by atoms with van der Waals surface area (Å²) in [5.41, 5.74) is 1.45. The van der Waals surface area contributed by atoms with E-state index in [0.717, 1.165) is 50.4 Å². The van der Waals surface area contributed by atoms with E-state index in [9.17, 15) is 4.79 Å². The van der Waals surface area contributed by atoms with Gasteiger partial charge in [-0.2, -0.15) is 5.26 Å². The van der Waals surface area contributed by atoms with Crippen LogP contribution in [0, 0.1) is 24.2 Å². The van der Waals surface area contributed by atoms with Crippen molar-refractivity contribution in [2.75, 3.05) is 24.5 Å². The molecule has 2 aliphatic rings. The monoisotopic (exact) mass is 354 g/mol. The molecule has 1 saturated heterocycles. The lowest BCUT2D eigenvalue weighted by molar-refractivity contribution is -0.121. The summed E-state index contributed by atoms with van der Waals surface area (Å²) in [4.78, 5) is 20.6. The first-order valence-corrected chi connectivity index (χ1v) is 10.0. The van der Waals surface area contributed by atoms with Gasteiger partial charge in [0, 0.05) is 25.7 Å². The van der Waals surface area contributed by atoms with Crippen molar-refractivity contribution in [3.8, 4) is 6.07 Å². The third kappa shape index (κ3) is 4.55. The highest BCUT2D eigenvalue weighted by molar-refractivity contribution is 5.48. The molecule has 1 atom stereocenters. The van der Waals surface area contributed by atoms with Gasteiger partial charge in [0.25, 0.3) is 0 Å². The average Bonchev–Trinajstić information content (AvgIpc) is 2.69. The molecule has 5 heteroatoms. The van der Waals surface area contributed by atoms with Crippen molar-refractivity contribution in [3.05, 3.63) is 23.4 Å². The van der Waals surface area contributed by atoms with Crippen LogP contribution in [0.4, 0.5) is 5.82 Å². The van der Waals surface area contributed by atoms with E-state index in [0.29, 0.717) is 17.5 Å². The summed E-state index contributed by atoms with van der Waals surface area (Å²) in [6.07, 6.45) is 10.7. The summed E-state index contributed by atoms with van der Waals surface area (Å²) in [6.45, 7) is 4.80. The molecule has 2 fully saturated rings. The smallest absolute Gasteiger partial charge is 0.209 e. The van der Waals surface area contributed by atoms with E-state index < -0.39 is 0 Å². The second-order valence-corrected chi connectivity index (χ2v) is 7.79. The summed E-state index contributed by atoms with van der Waals surface area (Å²) >= 11 is 0. The molecule has 1 saturated carbocycles. The quantitative estimate of drug-likeness (QED) is 0.732. The molecule has 1 unspecified atom stereocenters. The number of nitriles is 1.